The van der Waals surface area contributed by atoms with E-state index in [1.165, 1.54) is 11.5 Å². The van der Waals surface area contributed by atoms with Crippen LogP contribution < -0.4 is 11.2 Å². The fourth-order valence-electron chi connectivity index (χ4n) is 1.05. The number of nitrogens with zero attached hydrogens (tertiary/aromatic N) is 3. The average molecular weight is 237 g/mol. The number of hydrogen-bond donors (Lipinski definition) is 2. The minimum absolute atomic E-state index is 0.141. The van der Waals surface area contributed by atoms with Gasteiger partial charge in [-0.25, -0.2) is 0 Å². The highest BCUT2D eigenvalue weighted by Crippen LogP contribution is 2.15. The van der Waals surface area contributed by atoms with Crippen molar-refractivity contribution in [2.45, 2.75) is 0 Å². The molecule has 0 atom stereocenters. The topological polar surface area (TPSA) is 76.2 Å². The predicted molar refractivity (Wildman–Crippen MR) is 64.9 cm³/mol. The number of thiocarbonyl (C=S) groups is 1. The lowest BCUT2D eigenvalue weighted by molar-refractivity contribution is 1.04. The summed E-state index contributed by atoms with van der Waals surface area (Å²) in [6, 6.07) is 5.76. The molecule has 1 aromatic heterocycles. The maximum atomic E-state index is 5.22. The second kappa shape index (κ2) is 4.28. The first kappa shape index (κ1) is 9.94. The molecule has 1 aromatic carbocycles. The molecule has 0 unspecified atom stereocenters. The van der Waals surface area contributed by atoms with E-state index in [1.807, 2.05) is 18.2 Å². The van der Waals surface area contributed by atoms with Crippen LogP contribution in [0.4, 0.5) is 0 Å². The molecule has 5 nitrogen and oxygen atoms in total. The lowest BCUT2D eigenvalue weighted by Gasteiger charge is -1.94. The van der Waals surface area contributed by atoms with E-state index in [1.54, 1.807) is 6.21 Å². The van der Waals surface area contributed by atoms with Gasteiger partial charge in [-0.05, 0) is 41.4 Å². The summed E-state index contributed by atoms with van der Waals surface area (Å²) >= 11 is 5.97. The molecule has 7 heteroatoms. The molecule has 0 saturated carbocycles. The summed E-state index contributed by atoms with van der Waals surface area (Å²) in [7, 11) is 0. The Bertz CT molecular complexity index is 518. The Labute approximate surface area is 95.1 Å². The van der Waals surface area contributed by atoms with Gasteiger partial charge in [0.1, 0.15) is 5.52 Å². The summed E-state index contributed by atoms with van der Waals surface area (Å²) in [5.41, 5.74) is 9.47. The van der Waals surface area contributed by atoms with Crippen LogP contribution >= 0.6 is 23.8 Å². The minimum Gasteiger partial charge on any atom is -0.375 e. The van der Waals surface area contributed by atoms with Gasteiger partial charge in [0.25, 0.3) is 0 Å². The fraction of sp³-hybridized carbons (Fsp3) is 0. The van der Waals surface area contributed by atoms with Crippen molar-refractivity contribution in [1.82, 2.24) is 15.0 Å². The van der Waals surface area contributed by atoms with Crippen LogP contribution in [-0.2, 0) is 0 Å². The molecule has 1 heterocycles. The van der Waals surface area contributed by atoms with Crippen LogP contribution in [0.15, 0.2) is 23.3 Å². The molecule has 2 aromatic rings. The van der Waals surface area contributed by atoms with Gasteiger partial charge in [-0.3, -0.25) is 5.43 Å². The summed E-state index contributed by atoms with van der Waals surface area (Å²) < 4.78 is 4.89. The third-order valence-electron chi connectivity index (χ3n) is 1.66. The van der Waals surface area contributed by atoms with E-state index >= 15 is 0 Å². The zero-order valence-electron chi connectivity index (χ0n) is 7.54. The maximum absolute atomic E-state index is 5.22. The van der Waals surface area contributed by atoms with Crippen LogP contribution in [0.2, 0.25) is 0 Å². The Morgan fingerprint density at radius 3 is 3.27 bits per heavy atom. The number of nitrogens with one attached hydrogen (secondary N) is 1. The first-order valence-corrected chi connectivity index (χ1v) is 5.24. The average Bonchev–Trinajstić information content (AvgIpc) is 2.64. The van der Waals surface area contributed by atoms with E-state index < -0.39 is 0 Å². The van der Waals surface area contributed by atoms with Gasteiger partial charge < -0.3 is 5.73 Å². The number of nitrogens with two attached hydrogens (primary N) is 1. The molecule has 0 aliphatic heterocycles. The molecule has 0 amide bonds. The fourth-order valence-corrected chi connectivity index (χ4v) is 1.64. The van der Waals surface area contributed by atoms with E-state index in [0.29, 0.717) is 0 Å². The highest BCUT2D eigenvalue weighted by molar-refractivity contribution is 7.80. The van der Waals surface area contributed by atoms with Gasteiger partial charge in [0.15, 0.2) is 5.11 Å². The molecule has 0 spiro atoms. The largest absolute Gasteiger partial charge is 0.375 e. The summed E-state index contributed by atoms with van der Waals surface area (Å²) in [5.74, 6) is 0. The van der Waals surface area contributed by atoms with Crippen molar-refractivity contribution in [2.75, 3.05) is 0 Å². The third kappa shape index (κ3) is 2.45. The Hall–Kier alpha value is -1.60. The van der Waals surface area contributed by atoms with Crippen LogP contribution in [-0.4, -0.2) is 20.9 Å². The Morgan fingerprint density at radius 1 is 1.60 bits per heavy atom. The van der Waals surface area contributed by atoms with Crippen molar-refractivity contribution >= 4 is 45.3 Å². The van der Waals surface area contributed by atoms with E-state index in [9.17, 15) is 0 Å². The van der Waals surface area contributed by atoms with Crippen molar-refractivity contribution < 1.29 is 0 Å². The molecule has 2 rings (SSSR count). The second-order valence-electron chi connectivity index (χ2n) is 2.73. The molecular weight excluding hydrogens is 230 g/mol. The lowest BCUT2D eigenvalue weighted by atomic mass is 10.2. The van der Waals surface area contributed by atoms with Gasteiger partial charge in [-0.2, -0.15) is 5.10 Å². The van der Waals surface area contributed by atoms with Crippen molar-refractivity contribution in [3.8, 4) is 0 Å². The predicted octanol–water partition coefficient (Wildman–Crippen LogP) is 0.858. The Kier molecular flexibility index (Phi) is 2.84. The third-order valence-corrected chi connectivity index (χ3v) is 2.46. The van der Waals surface area contributed by atoms with E-state index in [4.69, 9.17) is 5.73 Å². The van der Waals surface area contributed by atoms with Gasteiger partial charge in [-0.1, -0.05) is 10.6 Å². The quantitative estimate of drug-likeness (QED) is 0.460. The second-order valence-corrected chi connectivity index (χ2v) is 3.96. The van der Waals surface area contributed by atoms with Crippen molar-refractivity contribution in [1.29, 1.82) is 0 Å². The van der Waals surface area contributed by atoms with Crippen LogP contribution in [0.3, 0.4) is 0 Å². The van der Waals surface area contributed by atoms with Gasteiger partial charge in [-0.15, -0.1) is 5.10 Å². The molecular formula is C8H7N5S2. The highest BCUT2D eigenvalue weighted by Gasteiger charge is 1.97. The molecule has 76 valence electrons. The summed E-state index contributed by atoms with van der Waals surface area (Å²) in [4.78, 5) is 0. The SMILES string of the molecule is NC(=S)NN=Cc1ccc2snnc2c1. The summed E-state index contributed by atoms with van der Waals surface area (Å²) in [5, 5.41) is 7.95. The molecule has 0 bridgehead atoms. The zero-order valence-corrected chi connectivity index (χ0v) is 9.18. The number of benzene rings is 1. The number of aromatic nitrogens is 2. The number of rotatable bonds is 2. The van der Waals surface area contributed by atoms with E-state index in [2.05, 4.69) is 32.3 Å². The maximum Gasteiger partial charge on any atom is 0.184 e. The highest BCUT2D eigenvalue weighted by atomic mass is 32.1. The molecule has 0 aliphatic carbocycles. The first-order chi connectivity index (χ1) is 7.25. The Morgan fingerprint density at radius 2 is 2.47 bits per heavy atom. The van der Waals surface area contributed by atoms with E-state index in [-0.39, 0.29) is 5.11 Å². The zero-order chi connectivity index (χ0) is 10.7. The molecule has 15 heavy (non-hydrogen) atoms. The summed E-state index contributed by atoms with van der Waals surface area (Å²) in [6.07, 6.45) is 1.62. The lowest BCUT2D eigenvalue weighted by Crippen LogP contribution is -2.23. The molecule has 0 radical (unpaired) electrons. The van der Waals surface area contributed by atoms with Gasteiger partial charge in [0.2, 0.25) is 0 Å². The van der Waals surface area contributed by atoms with Gasteiger partial charge in [0.05, 0.1) is 10.9 Å². The number of hydrogen-bond acceptors (Lipinski definition) is 5. The van der Waals surface area contributed by atoms with Crippen LogP contribution in [0.25, 0.3) is 10.2 Å². The van der Waals surface area contributed by atoms with E-state index in [0.717, 1.165) is 15.8 Å². The van der Waals surface area contributed by atoms with Crippen LogP contribution in [0.1, 0.15) is 5.56 Å². The molecule has 3 N–H and O–H groups in total. The number of hydrazone groups is 1. The monoisotopic (exact) mass is 237 g/mol. The Balaban J connectivity index is 2.21. The van der Waals surface area contributed by atoms with Gasteiger partial charge >= 0.3 is 0 Å². The smallest absolute Gasteiger partial charge is 0.184 e. The standard InChI is InChI=1S/C8H7N5S2/c9-8(14)12-10-4-5-1-2-7-6(3-5)11-13-15-7/h1-4H,(H3,9,12,14). The summed E-state index contributed by atoms with van der Waals surface area (Å²) in [6.45, 7) is 0. The van der Waals surface area contributed by atoms with Crippen molar-refractivity contribution in [2.24, 2.45) is 10.8 Å². The normalized spacial score (nSPS) is 10.9. The van der Waals surface area contributed by atoms with Crippen LogP contribution in [0, 0.1) is 0 Å². The van der Waals surface area contributed by atoms with Crippen molar-refractivity contribution in [3.05, 3.63) is 23.8 Å². The minimum atomic E-state index is 0.141. The van der Waals surface area contributed by atoms with Gasteiger partial charge in [0, 0.05) is 0 Å². The van der Waals surface area contributed by atoms with Crippen LogP contribution in [0.5, 0.6) is 0 Å². The molecule has 0 saturated heterocycles. The van der Waals surface area contributed by atoms with Crippen molar-refractivity contribution in [3.63, 3.8) is 0 Å². The molecule has 0 fully saturated rings. The first-order valence-electron chi connectivity index (χ1n) is 4.06. The number of fused-ring (bicyclic) bond motifs is 1. The molecule has 0 aliphatic rings.